The number of hydrogen-bond donors (Lipinski definition) is 1. The number of nitrogens with one attached hydrogen (secondary N) is 1. The van der Waals surface area contributed by atoms with Gasteiger partial charge < -0.3 is 10.2 Å². The highest BCUT2D eigenvalue weighted by molar-refractivity contribution is 5.76. The highest BCUT2D eigenvalue weighted by Gasteiger charge is 2.15. The van der Waals surface area contributed by atoms with Crippen LogP contribution in [0.15, 0.2) is 54.6 Å². The predicted octanol–water partition coefficient (Wildman–Crippen LogP) is 3.96. The van der Waals surface area contributed by atoms with Gasteiger partial charge in [-0.15, -0.1) is 0 Å². The number of carbonyl (C=O) groups is 1. The number of hydrogen-bond acceptors (Lipinski definition) is 2. The second-order valence-corrected chi connectivity index (χ2v) is 6.60. The van der Waals surface area contributed by atoms with E-state index in [-0.39, 0.29) is 17.8 Å². The molecule has 2 aromatic carbocycles. The monoisotopic (exact) mass is 342 g/mol. The van der Waals surface area contributed by atoms with Crippen LogP contribution >= 0.6 is 0 Å². The Kier molecular flexibility index (Phi) is 7.61. The molecule has 2 aromatic rings. The molecule has 0 saturated heterocycles. The Balaban J connectivity index is 1.88. The van der Waals surface area contributed by atoms with Crippen LogP contribution in [-0.4, -0.2) is 31.4 Å². The lowest BCUT2D eigenvalue weighted by molar-refractivity contribution is -0.122. The molecule has 2 rings (SSSR count). The Morgan fingerprint density at radius 3 is 2.40 bits per heavy atom. The Hall–Kier alpha value is -2.20. The molecular formula is C21H27FN2O. The minimum Gasteiger partial charge on any atom is -0.349 e. The lowest BCUT2D eigenvalue weighted by Gasteiger charge is -2.21. The maximum atomic E-state index is 13.2. The summed E-state index contributed by atoms with van der Waals surface area (Å²) in [6.45, 7) is 0.854. The molecule has 0 heterocycles. The fourth-order valence-corrected chi connectivity index (χ4v) is 2.77. The first-order valence-electron chi connectivity index (χ1n) is 8.78. The minimum atomic E-state index is -0.260. The third-order valence-electron chi connectivity index (χ3n) is 4.18. The number of rotatable bonds is 9. The molecule has 4 heteroatoms. The summed E-state index contributed by atoms with van der Waals surface area (Å²) in [4.78, 5) is 14.4. The zero-order valence-electron chi connectivity index (χ0n) is 15.0. The van der Waals surface area contributed by atoms with E-state index in [1.54, 1.807) is 12.1 Å². The van der Waals surface area contributed by atoms with Gasteiger partial charge in [-0.3, -0.25) is 4.79 Å². The molecule has 0 saturated carbocycles. The molecule has 0 aliphatic rings. The van der Waals surface area contributed by atoms with E-state index in [4.69, 9.17) is 0 Å². The molecule has 1 atom stereocenters. The Morgan fingerprint density at radius 1 is 1.08 bits per heavy atom. The summed E-state index contributed by atoms with van der Waals surface area (Å²) in [5.74, 6) is -0.215. The van der Waals surface area contributed by atoms with Crippen LogP contribution in [-0.2, 0) is 11.2 Å². The SMILES string of the molecule is CN(C)CCC(NC(=O)CCCc1ccccc1)c1ccc(F)cc1. The van der Waals surface area contributed by atoms with Gasteiger partial charge in [-0.05, 0) is 63.2 Å². The fraction of sp³-hybridized carbons (Fsp3) is 0.381. The van der Waals surface area contributed by atoms with Crippen molar-refractivity contribution in [3.05, 3.63) is 71.5 Å². The quantitative estimate of drug-likeness (QED) is 0.748. The van der Waals surface area contributed by atoms with E-state index < -0.39 is 0 Å². The van der Waals surface area contributed by atoms with E-state index in [0.29, 0.717) is 6.42 Å². The molecule has 0 aromatic heterocycles. The van der Waals surface area contributed by atoms with Crippen LogP contribution in [0.4, 0.5) is 4.39 Å². The van der Waals surface area contributed by atoms with E-state index in [1.807, 2.05) is 32.3 Å². The number of benzene rings is 2. The summed E-state index contributed by atoms with van der Waals surface area (Å²) in [6, 6.07) is 16.5. The van der Waals surface area contributed by atoms with Crippen LogP contribution in [0.5, 0.6) is 0 Å². The van der Waals surface area contributed by atoms with Gasteiger partial charge in [-0.2, -0.15) is 0 Å². The summed E-state index contributed by atoms with van der Waals surface area (Å²) >= 11 is 0. The van der Waals surface area contributed by atoms with Crippen molar-refractivity contribution in [1.29, 1.82) is 0 Å². The van der Waals surface area contributed by atoms with Crippen LogP contribution in [0.3, 0.4) is 0 Å². The Morgan fingerprint density at radius 2 is 1.76 bits per heavy atom. The molecule has 1 amide bonds. The third-order valence-corrected chi connectivity index (χ3v) is 4.18. The molecule has 0 aliphatic carbocycles. The number of carbonyl (C=O) groups excluding carboxylic acids is 1. The lowest BCUT2D eigenvalue weighted by atomic mass is 10.0. The molecule has 1 N–H and O–H groups in total. The number of nitrogens with zero attached hydrogens (tertiary/aromatic N) is 1. The van der Waals surface area contributed by atoms with E-state index in [9.17, 15) is 9.18 Å². The third kappa shape index (κ3) is 7.06. The molecule has 3 nitrogen and oxygen atoms in total. The van der Waals surface area contributed by atoms with Crippen molar-refractivity contribution in [3.8, 4) is 0 Å². The van der Waals surface area contributed by atoms with Crippen LogP contribution in [0.1, 0.15) is 36.4 Å². The summed E-state index contributed by atoms with van der Waals surface area (Å²) in [5, 5.41) is 3.11. The molecular weight excluding hydrogens is 315 g/mol. The van der Waals surface area contributed by atoms with Crippen molar-refractivity contribution in [2.24, 2.45) is 0 Å². The normalized spacial score (nSPS) is 12.2. The first kappa shape index (κ1) is 19.1. The van der Waals surface area contributed by atoms with E-state index in [0.717, 1.165) is 31.4 Å². The topological polar surface area (TPSA) is 32.3 Å². The maximum absolute atomic E-state index is 13.2. The molecule has 0 bridgehead atoms. The lowest BCUT2D eigenvalue weighted by Crippen LogP contribution is -2.30. The van der Waals surface area contributed by atoms with Gasteiger partial charge in [0.2, 0.25) is 5.91 Å². The van der Waals surface area contributed by atoms with Gasteiger partial charge in [-0.25, -0.2) is 4.39 Å². The van der Waals surface area contributed by atoms with Crippen molar-refractivity contribution >= 4 is 5.91 Å². The van der Waals surface area contributed by atoms with Crippen LogP contribution in [0.25, 0.3) is 0 Å². The molecule has 1 unspecified atom stereocenters. The fourth-order valence-electron chi connectivity index (χ4n) is 2.77. The molecule has 134 valence electrons. The summed E-state index contributed by atoms with van der Waals surface area (Å²) in [6.07, 6.45) is 3.00. The average molecular weight is 342 g/mol. The van der Waals surface area contributed by atoms with Crippen molar-refractivity contribution < 1.29 is 9.18 Å². The van der Waals surface area contributed by atoms with Gasteiger partial charge in [0.15, 0.2) is 0 Å². The number of halogens is 1. The van der Waals surface area contributed by atoms with Crippen molar-refractivity contribution in [1.82, 2.24) is 10.2 Å². The Labute approximate surface area is 149 Å². The highest BCUT2D eigenvalue weighted by Crippen LogP contribution is 2.18. The first-order chi connectivity index (χ1) is 12.0. The summed E-state index contributed by atoms with van der Waals surface area (Å²) < 4.78 is 13.2. The van der Waals surface area contributed by atoms with Gasteiger partial charge in [0, 0.05) is 6.42 Å². The smallest absolute Gasteiger partial charge is 0.220 e. The molecule has 0 aliphatic heterocycles. The minimum absolute atomic E-state index is 0.0454. The summed E-state index contributed by atoms with van der Waals surface area (Å²) in [7, 11) is 4.01. The largest absolute Gasteiger partial charge is 0.349 e. The molecule has 25 heavy (non-hydrogen) atoms. The zero-order valence-corrected chi connectivity index (χ0v) is 15.0. The standard InChI is InChI=1S/C21H27FN2O/c1-24(2)16-15-20(18-11-13-19(22)14-12-18)23-21(25)10-6-9-17-7-4-3-5-8-17/h3-5,7-8,11-14,20H,6,9-10,15-16H2,1-2H3,(H,23,25). The molecule has 0 fully saturated rings. The van der Waals surface area contributed by atoms with Crippen molar-refractivity contribution in [3.63, 3.8) is 0 Å². The molecule has 0 radical (unpaired) electrons. The van der Waals surface area contributed by atoms with Crippen molar-refractivity contribution in [2.45, 2.75) is 31.7 Å². The predicted molar refractivity (Wildman–Crippen MR) is 99.8 cm³/mol. The van der Waals surface area contributed by atoms with E-state index >= 15 is 0 Å². The second kappa shape index (κ2) is 9.94. The second-order valence-electron chi connectivity index (χ2n) is 6.60. The zero-order chi connectivity index (χ0) is 18.1. The van der Waals surface area contributed by atoms with Crippen molar-refractivity contribution in [2.75, 3.05) is 20.6 Å². The Bertz CT molecular complexity index is 641. The number of aryl methyl sites for hydroxylation is 1. The first-order valence-corrected chi connectivity index (χ1v) is 8.78. The van der Waals surface area contributed by atoms with Crippen LogP contribution in [0, 0.1) is 5.82 Å². The van der Waals surface area contributed by atoms with Gasteiger partial charge in [0.25, 0.3) is 0 Å². The van der Waals surface area contributed by atoms with Gasteiger partial charge in [0.1, 0.15) is 5.82 Å². The van der Waals surface area contributed by atoms with Crippen LogP contribution < -0.4 is 5.32 Å². The summed E-state index contributed by atoms with van der Waals surface area (Å²) in [5.41, 5.74) is 2.19. The van der Waals surface area contributed by atoms with Crippen LogP contribution in [0.2, 0.25) is 0 Å². The van der Waals surface area contributed by atoms with E-state index in [2.05, 4.69) is 22.3 Å². The maximum Gasteiger partial charge on any atom is 0.220 e. The van der Waals surface area contributed by atoms with E-state index in [1.165, 1.54) is 17.7 Å². The number of amides is 1. The van der Waals surface area contributed by atoms with Gasteiger partial charge in [0.05, 0.1) is 6.04 Å². The van der Waals surface area contributed by atoms with Gasteiger partial charge in [-0.1, -0.05) is 42.5 Å². The molecule has 0 spiro atoms. The highest BCUT2D eigenvalue weighted by atomic mass is 19.1. The van der Waals surface area contributed by atoms with Gasteiger partial charge >= 0.3 is 0 Å². The average Bonchev–Trinajstić information content (AvgIpc) is 2.60.